The largest absolute Gasteiger partial charge is 0.465 e. The van der Waals surface area contributed by atoms with Gasteiger partial charge in [-0.25, -0.2) is 4.79 Å². The summed E-state index contributed by atoms with van der Waals surface area (Å²) in [6.07, 6.45) is -0.0220. The number of carboxylic acid groups (broad SMARTS) is 1. The molecule has 0 saturated carbocycles. The molecular weight excluding hydrogens is 478 g/mol. The van der Waals surface area contributed by atoms with Crippen LogP contribution in [0.3, 0.4) is 0 Å². The third-order valence-electron chi connectivity index (χ3n) is 7.61. The molecule has 7 nitrogen and oxygen atoms in total. The Hall–Kier alpha value is -3.87. The first-order valence-electron chi connectivity index (χ1n) is 13.2. The highest BCUT2D eigenvalue weighted by molar-refractivity contribution is 5.99. The van der Waals surface area contributed by atoms with Gasteiger partial charge in [-0.2, -0.15) is 0 Å². The summed E-state index contributed by atoms with van der Waals surface area (Å²) in [4.78, 5) is 39.7. The fourth-order valence-corrected chi connectivity index (χ4v) is 5.42. The van der Waals surface area contributed by atoms with Gasteiger partial charge in [-0.15, -0.1) is 0 Å². The Kier molecular flexibility index (Phi) is 7.76. The average Bonchev–Trinajstić information content (AvgIpc) is 2.88. The van der Waals surface area contributed by atoms with Crippen LogP contribution in [0.15, 0.2) is 60.7 Å². The topological polar surface area (TPSA) is 98.7 Å². The summed E-state index contributed by atoms with van der Waals surface area (Å²) >= 11 is 0. The van der Waals surface area contributed by atoms with Gasteiger partial charge in [0, 0.05) is 29.8 Å². The molecule has 3 amide bonds. The normalized spacial score (nSPS) is 18.6. The fourth-order valence-electron chi connectivity index (χ4n) is 5.42. The van der Waals surface area contributed by atoms with E-state index < -0.39 is 6.09 Å². The van der Waals surface area contributed by atoms with Crippen LogP contribution < -0.4 is 10.6 Å². The SMILES string of the molecule is Cc1ccc(NC(=O)C2CCN(C(=O)O)C(C(C)(C)C)C2)cc1C(=O)NC(C)c1cccc2ccccc12. The zero-order chi connectivity index (χ0) is 27.6. The van der Waals surface area contributed by atoms with E-state index in [9.17, 15) is 19.5 Å². The lowest BCUT2D eigenvalue weighted by Gasteiger charge is -2.44. The van der Waals surface area contributed by atoms with Crippen LogP contribution in [0.2, 0.25) is 0 Å². The van der Waals surface area contributed by atoms with Gasteiger partial charge >= 0.3 is 6.09 Å². The standard InChI is InChI=1S/C31H37N3O4/c1-19-13-14-23(33-28(35)22-15-16-34(30(37)38)27(17-22)31(3,4)5)18-26(19)29(36)32-20(2)24-12-8-10-21-9-6-7-11-25(21)24/h6-14,18,20,22,27H,15-17H2,1-5H3,(H,32,36)(H,33,35)(H,37,38). The third kappa shape index (κ3) is 5.82. The number of anilines is 1. The van der Waals surface area contributed by atoms with E-state index in [-0.39, 0.29) is 35.2 Å². The van der Waals surface area contributed by atoms with E-state index in [4.69, 9.17) is 0 Å². The van der Waals surface area contributed by atoms with E-state index in [1.54, 1.807) is 12.1 Å². The predicted molar refractivity (Wildman–Crippen MR) is 150 cm³/mol. The van der Waals surface area contributed by atoms with Gasteiger partial charge in [0.1, 0.15) is 0 Å². The summed E-state index contributed by atoms with van der Waals surface area (Å²) in [7, 11) is 0. The molecule has 1 fully saturated rings. The first-order valence-corrected chi connectivity index (χ1v) is 13.2. The number of hydrogen-bond acceptors (Lipinski definition) is 3. The third-order valence-corrected chi connectivity index (χ3v) is 7.61. The molecule has 200 valence electrons. The van der Waals surface area contributed by atoms with Crippen molar-refractivity contribution in [3.63, 3.8) is 0 Å². The van der Waals surface area contributed by atoms with E-state index in [2.05, 4.69) is 28.8 Å². The number of aryl methyl sites for hydroxylation is 1. The summed E-state index contributed by atoms with van der Waals surface area (Å²) in [5, 5.41) is 17.9. The Morgan fingerprint density at radius 3 is 2.45 bits per heavy atom. The van der Waals surface area contributed by atoms with Gasteiger partial charge in [0.25, 0.3) is 5.91 Å². The molecule has 7 heteroatoms. The average molecular weight is 516 g/mol. The van der Waals surface area contributed by atoms with Crippen molar-refractivity contribution >= 4 is 34.4 Å². The monoisotopic (exact) mass is 515 g/mol. The minimum absolute atomic E-state index is 0.149. The quantitative estimate of drug-likeness (QED) is 0.367. The summed E-state index contributed by atoms with van der Waals surface area (Å²) in [6.45, 7) is 10.2. The summed E-state index contributed by atoms with van der Waals surface area (Å²) in [5.41, 5.74) is 2.63. The Morgan fingerprint density at radius 1 is 1.03 bits per heavy atom. The zero-order valence-electron chi connectivity index (χ0n) is 22.7. The number of carbonyl (C=O) groups is 3. The van der Waals surface area contributed by atoms with E-state index in [1.807, 2.05) is 65.0 Å². The number of piperidine rings is 1. The fraction of sp³-hybridized carbons (Fsp3) is 0.387. The first kappa shape index (κ1) is 27.2. The second-order valence-electron chi connectivity index (χ2n) is 11.4. The van der Waals surface area contributed by atoms with E-state index >= 15 is 0 Å². The minimum atomic E-state index is -0.948. The zero-order valence-corrected chi connectivity index (χ0v) is 22.7. The highest BCUT2D eigenvalue weighted by Crippen LogP contribution is 2.35. The molecule has 3 unspecified atom stereocenters. The maximum absolute atomic E-state index is 13.3. The first-order chi connectivity index (χ1) is 18.0. The molecule has 0 bridgehead atoms. The molecule has 0 aliphatic carbocycles. The second-order valence-corrected chi connectivity index (χ2v) is 11.4. The van der Waals surface area contributed by atoms with Crippen LogP contribution in [0.25, 0.3) is 10.8 Å². The smallest absolute Gasteiger partial charge is 0.407 e. The summed E-state index contributed by atoms with van der Waals surface area (Å²) in [6, 6.07) is 19.1. The molecule has 38 heavy (non-hydrogen) atoms. The minimum Gasteiger partial charge on any atom is -0.465 e. The molecule has 3 aromatic carbocycles. The van der Waals surface area contributed by atoms with Gasteiger partial charge in [-0.05, 0) is 66.1 Å². The number of nitrogens with one attached hydrogen (secondary N) is 2. The molecule has 0 radical (unpaired) electrons. The van der Waals surface area contributed by atoms with Crippen molar-refractivity contribution in [3.8, 4) is 0 Å². The predicted octanol–water partition coefficient (Wildman–Crippen LogP) is 6.38. The van der Waals surface area contributed by atoms with Crippen LogP contribution in [0.5, 0.6) is 0 Å². The lowest BCUT2D eigenvalue weighted by molar-refractivity contribution is -0.122. The van der Waals surface area contributed by atoms with Gasteiger partial charge in [-0.1, -0.05) is 69.3 Å². The number of nitrogens with zero attached hydrogens (tertiary/aromatic N) is 1. The lowest BCUT2D eigenvalue weighted by atomic mass is 9.77. The second kappa shape index (κ2) is 10.9. The molecule has 3 aromatic rings. The summed E-state index contributed by atoms with van der Waals surface area (Å²) < 4.78 is 0. The van der Waals surface area contributed by atoms with Crippen LogP contribution >= 0.6 is 0 Å². The van der Waals surface area contributed by atoms with Gasteiger partial charge < -0.3 is 20.6 Å². The van der Waals surface area contributed by atoms with Crippen LogP contribution in [0, 0.1) is 18.3 Å². The highest BCUT2D eigenvalue weighted by atomic mass is 16.4. The lowest BCUT2D eigenvalue weighted by Crippen LogP contribution is -2.53. The number of benzene rings is 3. The molecule has 1 heterocycles. The van der Waals surface area contributed by atoms with Crippen molar-refractivity contribution in [2.75, 3.05) is 11.9 Å². The number of rotatable bonds is 5. The molecular formula is C31H37N3O4. The molecule has 1 saturated heterocycles. The van der Waals surface area contributed by atoms with Gasteiger partial charge in [0.2, 0.25) is 5.91 Å². The Morgan fingerprint density at radius 2 is 1.74 bits per heavy atom. The number of amides is 3. The van der Waals surface area contributed by atoms with Crippen molar-refractivity contribution in [1.29, 1.82) is 0 Å². The van der Waals surface area contributed by atoms with Crippen LogP contribution in [0.4, 0.5) is 10.5 Å². The van der Waals surface area contributed by atoms with Gasteiger partial charge in [0.15, 0.2) is 0 Å². The molecule has 4 rings (SSSR count). The maximum atomic E-state index is 13.3. The van der Waals surface area contributed by atoms with Gasteiger partial charge in [-0.3, -0.25) is 9.59 Å². The van der Waals surface area contributed by atoms with E-state index in [0.717, 1.165) is 21.9 Å². The van der Waals surface area contributed by atoms with E-state index in [0.29, 0.717) is 30.6 Å². The van der Waals surface area contributed by atoms with Crippen LogP contribution in [-0.2, 0) is 4.79 Å². The number of likely N-dealkylation sites (tertiary alicyclic amines) is 1. The molecule has 3 atom stereocenters. The highest BCUT2D eigenvalue weighted by Gasteiger charge is 2.40. The number of carbonyl (C=O) groups excluding carboxylic acids is 2. The van der Waals surface area contributed by atoms with Crippen LogP contribution in [-0.4, -0.2) is 40.5 Å². The number of hydrogen-bond donors (Lipinski definition) is 3. The van der Waals surface area contributed by atoms with Crippen molar-refractivity contribution in [1.82, 2.24) is 10.2 Å². The van der Waals surface area contributed by atoms with Gasteiger partial charge in [0.05, 0.1) is 6.04 Å². The van der Waals surface area contributed by atoms with Crippen molar-refractivity contribution in [2.24, 2.45) is 11.3 Å². The Labute approximate surface area is 224 Å². The van der Waals surface area contributed by atoms with Crippen molar-refractivity contribution < 1.29 is 19.5 Å². The molecule has 3 N–H and O–H groups in total. The van der Waals surface area contributed by atoms with E-state index in [1.165, 1.54) is 4.90 Å². The Bertz CT molecular complexity index is 1360. The maximum Gasteiger partial charge on any atom is 0.407 e. The molecule has 1 aliphatic heterocycles. The molecule has 1 aliphatic rings. The molecule has 0 aromatic heterocycles. The van der Waals surface area contributed by atoms with Crippen molar-refractivity contribution in [3.05, 3.63) is 77.4 Å². The summed E-state index contributed by atoms with van der Waals surface area (Å²) in [5.74, 6) is -0.662. The van der Waals surface area contributed by atoms with Crippen LogP contribution in [0.1, 0.15) is 68.1 Å². The Balaban J connectivity index is 1.47. The number of fused-ring (bicyclic) bond motifs is 1. The molecule has 0 spiro atoms. The van der Waals surface area contributed by atoms with Crippen molar-refractivity contribution in [2.45, 2.75) is 59.5 Å².